The Kier molecular flexibility index (Phi) is 3.08. The molecule has 0 unspecified atom stereocenters. The molecule has 0 spiro atoms. The molecular formula is C17H12FNO2S. The van der Waals surface area contributed by atoms with Gasteiger partial charge in [0.2, 0.25) is 0 Å². The summed E-state index contributed by atoms with van der Waals surface area (Å²) in [6, 6.07) is 14.1. The summed E-state index contributed by atoms with van der Waals surface area (Å²) < 4.78 is 19.8. The van der Waals surface area contributed by atoms with E-state index in [1.807, 2.05) is 30.3 Å². The standard InChI is InChI=1S/C17H12FNO2S/c18-12-5-6-13-14(10-12)21-8-7-19(13)17(20)16-9-11-3-1-2-4-15(11)22-16/h1-6,9-10H,7-8H2. The first-order valence-electron chi connectivity index (χ1n) is 6.95. The van der Waals surface area contributed by atoms with Crippen molar-refractivity contribution in [1.29, 1.82) is 0 Å². The second-order valence-electron chi connectivity index (χ2n) is 5.07. The molecule has 1 aliphatic rings. The molecule has 4 rings (SSSR count). The lowest BCUT2D eigenvalue weighted by Gasteiger charge is -2.29. The van der Waals surface area contributed by atoms with E-state index in [2.05, 4.69) is 0 Å². The van der Waals surface area contributed by atoms with Crippen LogP contribution in [0, 0.1) is 5.82 Å². The third-order valence-electron chi connectivity index (χ3n) is 3.67. The van der Waals surface area contributed by atoms with Crippen molar-refractivity contribution in [2.45, 2.75) is 0 Å². The van der Waals surface area contributed by atoms with Crippen LogP contribution in [-0.4, -0.2) is 19.1 Å². The van der Waals surface area contributed by atoms with Crippen LogP contribution in [0.3, 0.4) is 0 Å². The van der Waals surface area contributed by atoms with Crippen molar-refractivity contribution >= 4 is 33.0 Å². The predicted molar refractivity (Wildman–Crippen MR) is 85.4 cm³/mol. The molecule has 0 saturated heterocycles. The van der Waals surface area contributed by atoms with Crippen LogP contribution >= 0.6 is 11.3 Å². The maximum absolute atomic E-state index is 13.3. The Balaban J connectivity index is 1.74. The summed E-state index contributed by atoms with van der Waals surface area (Å²) in [6.45, 7) is 0.832. The molecule has 0 fully saturated rings. The van der Waals surface area contributed by atoms with E-state index in [1.165, 1.54) is 23.5 Å². The van der Waals surface area contributed by atoms with Crippen molar-refractivity contribution in [2.75, 3.05) is 18.1 Å². The summed E-state index contributed by atoms with van der Waals surface area (Å²) in [6.07, 6.45) is 0. The SMILES string of the molecule is O=C(c1cc2ccccc2s1)N1CCOc2cc(F)ccc21. The van der Waals surface area contributed by atoms with Crippen LogP contribution in [-0.2, 0) is 0 Å². The van der Waals surface area contributed by atoms with Crippen LogP contribution in [0.4, 0.5) is 10.1 Å². The molecule has 22 heavy (non-hydrogen) atoms. The van der Waals surface area contributed by atoms with Crippen LogP contribution in [0.5, 0.6) is 5.75 Å². The number of hydrogen-bond donors (Lipinski definition) is 0. The first-order valence-corrected chi connectivity index (χ1v) is 7.77. The van der Waals surface area contributed by atoms with Gasteiger partial charge in [0.15, 0.2) is 0 Å². The number of anilines is 1. The fourth-order valence-corrected chi connectivity index (χ4v) is 3.64. The summed E-state index contributed by atoms with van der Waals surface area (Å²) in [5.41, 5.74) is 0.620. The molecule has 3 nitrogen and oxygen atoms in total. The number of rotatable bonds is 1. The third kappa shape index (κ3) is 2.14. The highest BCUT2D eigenvalue weighted by atomic mass is 32.1. The van der Waals surface area contributed by atoms with Gasteiger partial charge in [-0.15, -0.1) is 11.3 Å². The zero-order chi connectivity index (χ0) is 15.1. The Bertz CT molecular complexity index is 841. The van der Waals surface area contributed by atoms with E-state index in [9.17, 15) is 9.18 Å². The van der Waals surface area contributed by atoms with Crippen molar-refractivity contribution in [3.8, 4) is 5.75 Å². The summed E-state index contributed by atoms with van der Waals surface area (Å²) in [5.74, 6) is -0.0204. The van der Waals surface area contributed by atoms with E-state index in [0.717, 1.165) is 10.1 Å². The molecule has 0 radical (unpaired) electrons. The lowest BCUT2D eigenvalue weighted by atomic mass is 10.2. The van der Waals surface area contributed by atoms with Gasteiger partial charge in [-0.1, -0.05) is 18.2 Å². The topological polar surface area (TPSA) is 29.5 Å². The molecule has 5 heteroatoms. The number of hydrogen-bond acceptors (Lipinski definition) is 3. The number of thiophene rings is 1. The van der Waals surface area contributed by atoms with Crippen molar-refractivity contribution in [3.05, 3.63) is 59.2 Å². The van der Waals surface area contributed by atoms with Gasteiger partial charge in [0.1, 0.15) is 18.2 Å². The maximum Gasteiger partial charge on any atom is 0.268 e. The minimum Gasteiger partial charge on any atom is -0.489 e. The minimum atomic E-state index is -0.366. The number of fused-ring (bicyclic) bond motifs is 2. The fraction of sp³-hybridized carbons (Fsp3) is 0.118. The van der Waals surface area contributed by atoms with Gasteiger partial charge < -0.3 is 9.64 Å². The smallest absolute Gasteiger partial charge is 0.268 e. The number of carbonyl (C=O) groups is 1. The Morgan fingerprint density at radius 2 is 2.05 bits per heavy atom. The van der Waals surface area contributed by atoms with Gasteiger partial charge in [0, 0.05) is 10.8 Å². The second-order valence-corrected chi connectivity index (χ2v) is 6.15. The van der Waals surface area contributed by atoms with Gasteiger partial charge in [-0.2, -0.15) is 0 Å². The maximum atomic E-state index is 13.3. The molecule has 1 aliphatic heterocycles. The highest BCUT2D eigenvalue weighted by Crippen LogP contribution is 2.34. The summed E-state index contributed by atoms with van der Waals surface area (Å²) in [4.78, 5) is 15.1. The lowest BCUT2D eigenvalue weighted by Crippen LogP contribution is -2.37. The molecule has 0 saturated carbocycles. The van der Waals surface area contributed by atoms with E-state index in [4.69, 9.17) is 4.74 Å². The molecule has 0 N–H and O–H groups in total. The first-order chi connectivity index (χ1) is 10.7. The molecule has 0 atom stereocenters. The van der Waals surface area contributed by atoms with Gasteiger partial charge in [-0.25, -0.2) is 4.39 Å². The molecule has 2 aromatic carbocycles. The number of benzene rings is 2. The zero-order valence-corrected chi connectivity index (χ0v) is 12.4. The number of nitrogens with zero attached hydrogens (tertiary/aromatic N) is 1. The van der Waals surface area contributed by atoms with Crippen LogP contribution < -0.4 is 9.64 Å². The Morgan fingerprint density at radius 3 is 2.91 bits per heavy atom. The average molecular weight is 313 g/mol. The molecule has 1 aromatic heterocycles. The van der Waals surface area contributed by atoms with Gasteiger partial charge >= 0.3 is 0 Å². The van der Waals surface area contributed by atoms with Crippen molar-refractivity contribution in [1.82, 2.24) is 0 Å². The van der Waals surface area contributed by atoms with Crippen LogP contribution in [0.25, 0.3) is 10.1 Å². The van der Waals surface area contributed by atoms with Gasteiger partial charge in [-0.05, 0) is 29.7 Å². The Hall–Kier alpha value is -2.40. The lowest BCUT2D eigenvalue weighted by molar-refractivity contribution is 0.0980. The zero-order valence-electron chi connectivity index (χ0n) is 11.6. The predicted octanol–water partition coefficient (Wildman–Crippen LogP) is 4.08. The van der Waals surface area contributed by atoms with Crippen LogP contribution in [0.1, 0.15) is 9.67 Å². The number of ether oxygens (including phenoxy) is 1. The third-order valence-corrected chi connectivity index (χ3v) is 4.77. The summed E-state index contributed by atoms with van der Waals surface area (Å²) >= 11 is 1.47. The van der Waals surface area contributed by atoms with E-state index >= 15 is 0 Å². The molecule has 0 aliphatic carbocycles. The Labute approximate surface area is 130 Å². The monoisotopic (exact) mass is 313 g/mol. The molecule has 3 aromatic rings. The first kappa shape index (κ1) is 13.3. The summed E-state index contributed by atoms with van der Waals surface area (Å²) in [5, 5.41) is 1.06. The quantitative estimate of drug-likeness (QED) is 0.677. The van der Waals surface area contributed by atoms with Crippen LogP contribution in [0.15, 0.2) is 48.5 Å². The largest absolute Gasteiger partial charge is 0.489 e. The van der Waals surface area contributed by atoms with Gasteiger partial charge in [0.25, 0.3) is 5.91 Å². The van der Waals surface area contributed by atoms with E-state index < -0.39 is 0 Å². The fourth-order valence-electron chi connectivity index (χ4n) is 2.63. The molecule has 110 valence electrons. The molecule has 2 heterocycles. The average Bonchev–Trinajstić information content (AvgIpc) is 2.97. The second kappa shape index (κ2) is 5.10. The molecule has 0 bridgehead atoms. The molecular weight excluding hydrogens is 301 g/mol. The van der Waals surface area contributed by atoms with Gasteiger partial charge in [0.05, 0.1) is 17.1 Å². The van der Waals surface area contributed by atoms with E-state index in [-0.39, 0.29) is 11.7 Å². The Morgan fingerprint density at radius 1 is 1.18 bits per heavy atom. The normalized spacial score (nSPS) is 13.8. The highest BCUT2D eigenvalue weighted by molar-refractivity contribution is 7.20. The van der Waals surface area contributed by atoms with Crippen molar-refractivity contribution in [2.24, 2.45) is 0 Å². The van der Waals surface area contributed by atoms with Crippen molar-refractivity contribution < 1.29 is 13.9 Å². The van der Waals surface area contributed by atoms with E-state index in [1.54, 1.807) is 11.0 Å². The van der Waals surface area contributed by atoms with Crippen molar-refractivity contribution in [3.63, 3.8) is 0 Å². The minimum absolute atomic E-state index is 0.0719. The highest BCUT2D eigenvalue weighted by Gasteiger charge is 2.26. The number of carbonyl (C=O) groups excluding carboxylic acids is 1. The molecule has 1 amide bonds. The van der Waals surface area contributed by atoms with Gasteiger partial charge in [-0.3, -0.25) is 4.79 Å². The van der Waals surface area contributed by atoms with Crippen LogP contribution in [0.2, 0.25) is 0 Å². The van der Waals surface area contributed by atoms with E-state index in [0.29, 0.717) is 29.5 Å². The number of halogens is 1. The number of amides is 1. The summed E-state index contributed by atoms with van der Waals surface area (Å²) in [7, 11) is 0.